The maximum atomic E-state index is 13.9. The molecule has 2 aliphatic rings. The summed E-state index contributed by atoms with van der Waals surface area (Å²) in [4.78, 5) is 44.5. The zero-order valence-corrected chi connectivity index (χ0v) is 21.3. The van der Waals surface area contributed by atoms with E-state index >= 15 is 0 Å². The Labute approximate surface area is 224 Å². The molecule has 2 aromatic heterocycles. The van der Waals surface area contributed by atoms with Gasteiger partial charge in [-0.25, -0.2) is 14.6 Å². The number of carbonyl (C=O) groups is 2. The maximum Gasteiger partial charge on any atom is 0.407 e. The first-order valence-corrected chi connectivity index (χ1v) is 13.2. The summed E-state index contributed by atoms with van der Waals surface area (Å²) in [6.45, 7) is 1.71. The molecule has 1 atom stereocenters. The number of ether oxygens (including phenoxy) is 1. The van der Waals surface area contributed by atoms with Gasteiger partial charge in [0.1, 0.15) is 5.69 Å². The molecule has 2 saturated heterocycles. The van der Waals surface area contributed by atoms with Crippen molar-refractivity contribution >= 4 is 23.2 Å². The number of nitrogens with one attached hydrogen (secondary N) is 1. The van der Waals surface area contributed by atoms with Gasteiger partial charge in [-0.15, -0.1) is 0 Å². The van der Waals surface area contributed by atoms with Crippen LogP contribution in [0, 0.1) is 0 Å². The van der Waals surface area contributed by atoms with Crippen LogP contribution in [0.1, 0.15) is 35.8 Å². The highest BCUT2D eigenvalue weighted by molar-refractivity contribution is 5.94. The molecule has 0 spiro atoms. The minimum atomic E-state index is -1.02. The molecule has 4 aromatic rings. The van der Waals surface area contributed by atoms with E-state index in [-0.39, 0.29) is 35.9 Å². The van der Waals surface area contributed by atoms with Crippen molar-refractivity contribution in [2.45, 2.75) is 31.3 Å². The quantitative estimate of drug-likeness (QED) is 0.409. The lowest BCUT2D eigenvalue weighted by Crippen LogP contribution is -2.39. The van der Waals surface area contributed by atoms with E-state index in [4.69, 9.17) is 4.74 Å². The van der Waals surface area contributed by atoms with E-state index in [1.807, 2.05) is 54.6 Å². The number of imidazole rings is 1. The minimum Gasteiger partial charge on any atom is -0.465 e. The van der Waals surface area contributed by atoms with Gasteiger partial charge < -0.3 is 20.1 Å². The average molecular weight is 528 g/mol. The van der Waals surface area contributed by atoms with E-state index in [0.29, 0.717) is 43.0 Å². The third-order valence-corrected chi connectivity index (χ3v) is 7.54. The van der Waals surface area contributed by atoms with Gasteiger partial charge in [-0.2, -0.15) is 0 Å². The van der Waals surface area contributed by atoms with E-state index in [2.05, 4.69) is 10.3 Å². The molecule has 200 valence electrons. The van der Waals surface area contributed by atoms with E-state index in [0.717, 1.165) is 24.0 Å². The molecular formula is C29H29N5O5. The molecule has 4 heterocycles. The summed E-state index contributed by atoms with van der Waals surface area (Å²) in [5.41, 5.74) is 3.58. The van der Waals surface area contributed by atoms with Gasteiger partial charge in [-0.1, -0.05) is 42.5 Å². The van der Waals surface area contributed by atoms with Crippen molar-refractivity contribution in [1.29, 1.82) is 0 Å². The molecule has 1 unspecified atom stereocenters. The highest BCUT2D eigenvalue weighted by Crippen LogP contribution is 2.27. The van der Waals surface area contributed by atoms with Crippen molar-refractivity contribution in [3.8, 4) is 16.8 Å². The highest BCUT2D eigenvalue weighted by Gasteiger charge is 2.31. The Kier molecular flexibility index (Phi) is 6.62. The molecule has 2 N–H and O–H groups in total. The van der Waals surface area contributed by atoms with Gasteiger partial charge in [0.25, 0.3) is 5.91 Å². The lowest BCUT2D eigenvalue weighted by Gasteiger charge is -2.22. The van der Waals surface area contributed by atoms with E-state index in [1.165, 1.54) is 4.90 Å². The van der Waals surface area contributed by atoms with Crippen LogP contribution in [0.4, 0.5) is 4.79 Å². The molecule has 6 rings (SSSR count). The van der Waals surface area contributed by atoms with Crippen LogP contribution in [0.25, 0.3) is 28.0 Å². The summed E-state index contributed by atoms with van der Waals surface area (Å²) in [6.07, 6.45) is 0.941. The highest BCUT2D eigenvalue weighted by atomic mass is 16.5. The normalized spacial score (nSPS) is 17.9. The predicted molar refractivity (Wildman–Crippen MR) is 145 cm³/mol. The predicted octanol–water partition coefficient (Wildman–Crippen LogP) is 3.69. The SMILES string of the molecule is O=C(NC1CCOCC1)c1ccc2c(n1)n(C1CCN(C(=O)O)C1)c(=O)n2-c1ccc(-c2ccccc2)cc1. The molecule has 0 radical (unpaired) electrons. The smallest absolute Gasteiger partial charge is 0.407 e. The first-order valence-electron chi connectivity index (χ1n) is 13.2. The van der Waals surface area contributed by atoms with Crippen LogP contribution in [-0.2, 0) is 4.74 Å². The molecule has 2 aliphatic heterocycles. The average Bonchev–Trinajstić information content (AvgIpc) is 3.56. The summed E-state index contributed by atoms with van der Waals surface area (Å²) in [5.74, 6) is -0.304. The monoisotopic (exact) mass is 527 g/mol. The molecule has 10 nitrogen and oxygen atoms in total. The van der Waals surface area contributed by atoms with Gasteiger partial charge >= 0.3 is 11.8 Å². The third-order valence-electron chi connectivity index (χ3n) is 7.54. The van der Waals surface area contributed by atoms with Crippen LogP contribution in [0.2, 0.25) is 0 Å². The fraction of sp³-hybridized carbons (Fsp3) is 0.310. The summed E-state index contributed by atoms with van der Waals surface area (Å²) in [7, 11) is 0. The number of hydrogen-bond acceptors (Lipinski definition) is 5. The van der Waals surface area contributed by atoms with Crippen molar-refractivity contribution in [3.05, 3.63) is 82.9 Å². The zero-order valence-electron chi connectivity index (χ0n) is 21.3. The Hall–Kier alpha value is -4.44. The number of pyridine rings is 1. The number of likely N-dealkylation sites (tertiary alicyclic amines) is 1. The molecule has 0 saturated carbocycles. The van der Waals surface area contributed by atoms with Crippen LogP contribution in [0.3, 0.4) is 0 Å². The topological polar surface area (TPSA) is 119 Å². The lowest BCUT2D eigenvalue weighted by molar-refractivity contribution is 0.0694. The Bertz CT molecular complexity index is 1570. The summed E-state index contributed by atoms with van der Waals surface area (Å²) >= 11 is 0. The Morgan fingerprint density at radius 1 is 0.923 bits per heavy atom. The Morgan fingerprint density at radius 2 is 1.64 bits per heavy atom. The first-order chi connectivity index (χ1) is 19.0. The molecule has 39 heavy (non-hydrogen) atoms. The minimum absolute atomic E-state index is 0.0117. The van der Waals surface area contributed by atoms with Gasteiger partial charge in [0.15, 0.2) is 5.65 Å². The number of fused-ring (bicyclic) bond motifs is 1. The number of amides is 2. The summed E-state index contributed by atoms with van der Waals surface area (Å²) in [6, 6.07) is 20.7. The van der Waals surface area contributed by atoms with Gasteiger partial charge in [0.05, 0.1) is 17.2 Å². The molecular weight excluding hydrogens is 498 g/mol. The van der Waals surface area contributed by atoms with Gasteiger partial charge in [0, 0.05) is 32.3 Å². The number of rotatable bonds is 5. The van der Waals surface area contributed by atoms with Crippen LogP contribution in [0.5, 0.6) is 0 Å². The number of carbonyl (C=O) groups excluding carboxylic acids is 1. The van der Waals surface area contributed by atoms with Crippen LogP contribution < -0.4 is 11.0 Å². The zero-order chi connectivity index (χ0) is 26.9. The number of hydrogen-bond donors (Lipinski definition) is 2. The molecule has 2 aromatic carbocycles. The second-order valence-corrected chi connectivity index (χ2v) is 9.97. The largest absolute Gasteiger partial charge is 0.465 e. The van der Waals surface area contributed by atoms with Gasteiger partial charge in [-0.05, 0) is 54.7 Å². The fourth-order valence-electron chi connectivity index (χ4n) is 5.46. The lowest BCUT2D eigenvalue weighted by atomic mass is 10.1. The van der Waals surface area contributed by atoms with E-state index in [9.17, 15) is 19.5 Å². The number of benzene rings is 2. The van der Waals surface area contributed by atoms with Crippen LogP contribution in [-0.4, -0.2) is 68.5 Å². The van der Waals surface area contributed by atoms with Crippen LogP contribution in [0.15, 0.2) is 71.5 Å². The number of nitrogens with zero attached hydrogens (tertiary/aromatic N) is 4. The number of aromatic nitrogens is 3. The number of carboxylic acid groups (broad SMARTS) is 1. The van der Waals surface area contributed by atoms with Crippen LogP contribution >= 0.6 is 0 Å². The second kappa shape index (κ2) is 10.4. The van der Waals surface area contributed by atoms with Gasteiger partial charge in [-0.3, -0.25) is 13.9 Å². The van der Waals surface area contributed by atoms with Gasteiger partial charge in [0.2, 0.25) is 0 Å². The maximum absolute atomic E-state index is 13.9. The second-order valence-electron chi connectivity index (χ2n) is 9.97. The van der Waals surface area contributed by atoms with Crippen molar-refractivity contribution in [2.75, 3.05) is 26.3 Å². The van der Waals surface area contributed by atoms with E-state index < -0.39 is 6.09 Å². The van der Waals surface area contributed by atoms with Crippen molar-refractivity contribution < 1.29 is 19.4 Å². The molecule has 2 amide bonds. The first kappa shape index (κ1) is 24.9. The molecule has 0 bridgehead atoms. The molecule has 2 fully saturated rings. The Balaban J connectivity index is 1.41. The van der Waals surface area contributed by atoms with E-state index in [1.54, 1.807) is 21.3 Å². The molecule has 0 aliphatic carbocycles. The van der Waals surface area contributed by atoms with Crippen molar-refractivity contribution in [2.24, 2.45) is 0 Å². The summed E-state index contributed by atoms with van der Waals surface area (Å²) in [5, 5.41) is 12.5. The van der Waals surface area contributed by atoms with Crippen molar-refractivity contribution in [1.82, 2.24) is 24.3 Å². The standard InChI is InChI=1S/C29H29N5O5/c35-27(30-21-13-16-39-17-14-21)24-10-11-25-26(31-24)34(23-12-15-32(18-23)29(37)38)28(36)33(25)22-8-6-20(7-9-22)19-4-2-1-3-5-19/h1-11,21,23H,12-18H2,(H,30,35)(H,37,38). The summed E-state index contributed by atoms with van der Waals surface area (Å²) < 4.78 is 8.51. The fourth-order valence-corrected chi connectivity index (χ4v) is 5.46. The third kappa shape index (κ3) is 4.79. The molecule has 10 heteroatoms. The van der Waals surface area contributed by atoms with Crippen molar-refractivity contribution in [3.63, 3.8) is 0 Å². The Morgan fingerprint density at radius 3 is 2.33 bits per heavy atom.